The van der Waals surface area contributed by atoms with Gasteiger partial charge in [-0.05, 0) is 32.4 Å². The van der Waals surface area contributed by atoms with Gasteiger partial charge in [0.25, 0.3) is 0 Å². The van der Waals surface area contributed by atoms with Gasteiger partial charge in [0.2, 0.25) is 0 Å². The van der Waals surface area contributed by atoms with Gasteiger partial charge >= 0.3 is 23.9 Å². The zero-order chi connectivity index (χ0) is 31.1. The van der Waals surface area contributed by atoms with Crippen molar-refractivity contribution in [1.82, 2.24) is 5.32 Å². The SMILES string of the molecule is COC(=O)C1=C(C)NC(COCCOCCN)=C(C(=O)OC(C)C)[C@@H]1c1cccc(Cl)c1Cl.O=C(O)/C=C/C(=O)O. The van der Waals surface area contributed by atoms with E-state index in [1.54, 1.807) is 39.0 Å². The Bertz CT molecular complexity index is 1180. The monoisotopic (exact) mass is 616 g/mol. The quantitative estimate of drug-likeness (QED) is 0.144. The van der Waals surface area contributed by atoms with E-state index in [0.717, 1.165) is 0 Å². The van der Waals surface area contributed by atoms with Crippen molar-refractivity contribution in [2.45, 2.75) is 32.8 Å². The second-order valence-electron chi connectivity index (χ2n) is 8.54. The predicted molar refractivity (Wildman–Crippen MR) is 150 cm³/mol. The molecule has 5 N–H and O–H groups in total. The van der Waals surface area contributed by atoms with Crippen LogP contribution in [0.4, 0.5) is 0 Å². The molecule has 12 nitrogen and oxygen atoms in total. The van der Waals surface area contributed by atoms with Gasteiger partial charge in [0.05, 0.1) is 72.4 Å². The molecule has 41 heavy (non-hydrogen) atoms. The number of carboxylic acids is 2. The maximum atomic E-state index is 13.3. The molecule has 0 bridgehead atoms. The summed E-state index contributed by atoms with van der Waals surface area (Å²) in [7, 11) is 1.27. The van der Waals surface area contributed by atoms with Gasteiger partial charge in [-0.15, -0.1) is 0 Å². The number of nitrogens with two attached hydrogens (primary N) is 1. The van der Waals surface area contributed by atoms with Crippen molar-refractivity contribution in [2.24, 2.45) is 5.73 Å². The first-order chi connectivity index (χ1) is 19.3. The van der Waals surface area contributed by atoms with Crippen LogP contribution in [0, 0.1) is 0 Å². The smallest absolute Gasteiger partial charge is 0.337 e. The number of ether oxygens (including phenoxy) is 4. The average Bonchev–Trinajstić information content (AvgIpc) is 2.90. The molecule has 0 radical (unpaired) electrons. The Morgan fingerprint density at radius 1 is 1.00 bits per heavy atom. The highest BCUT2D eigenvalue weighted by Gasteiger charge is 2.40. The molecule has 226 valence electrons. The second-order valence-corrected chi connectivity index (χ2v) is 9.33. The van der Waals surface area contributed by atoms with Gasteiger partial charge < -0.3 is 40.2 Å². The highest BCUT2D eigenvalue weighted by atomic mass is 35.5. The molecular weight excluding hydrogens is 583 g/mol. The van der Waals surface area contributed by atoms with E-state index >= 15 is 0 Å². The summed E-state index contributed by atoms with van der Waals surface area (Å²) in [6.45, 7) is 6.72. The van der Waals surface area contributed by atoms with Gasteiger partial charge in [-0.3, -0.25) is 0 Å². The number of allylic oxidation sites excluding steroid dienone is 1. The van der Waals surface area contributed by atoms with Gasteiger partial charge in [0.1, 0.15) is 0 Å². The Morgan fingerprint density at radius 2 is 1.61 bits per heavy atom. The number of esters is 2. The molecule has 1 aromatic carbocycles. The van der Waals surface area contributed by atoms with E-state index in [-0.39, 0.29) is 35.5 Å². The van der Waals surface area contributed by atoms with Crippen LogP contribution in [0.1, 0.15) is 32.3 Å². The third-order valence-electron chi connectivity index (χ3n) is 5.15. The fourth-order valence-corrected chi connectivity index (χ4v) is 4.00. The van der Waals surface area contributed by atoms with E-state index in [1.165, 1.54) is 7.11 Å². The van der Waals surface area contributed by atoms with E-state index in [0.29, 0.717) is 53.9 Å². The first-order valence-electron chi connectivity index (χ1n) is 12.3. The molecule has 1 aliphatic heterocycles. The molecule has 0 saturated heterocycles. The van der Waals surface area contributed by atoms with Crippen LogP contribution >= 0.6 is 23.2 Å². The first kappa shape index (κ1) is 35.6. The highest BCUT2D eigenvalue weighted by molar-refractivity contribution is 6.42. The van der Waals surface area contributed by atoms with Crippen LogP contribution in [0.2, 0.25) is 10.0 Å². The van der Waals surface area contributed by atoms with Crippen molar-refractivity contribution < 1.29 is 48.3 Å². The number of rotatable bonds is 13. The summed E-state index contributed by atoms with van der Waals surface area (Å²) < 4.78 is 21.6. The summed E-state index contributed by atoms with van der Waals surface area (Å²) in [5.74, 6) is -4.60. The normalized spacial score (nSPS) is 14.9. The summed E-state index contributed by atoms with van der Waals surface area (Å²) in [5, 5.41) is 19.3. The van der Waals surface area contributed by atoms with Gasteiger partial charge in [0, 0.05) is 24.4 Å². The number of methoxy groups -OCH3 is 1. The number of dihydropyridines is 1. The number of benzene rings is 1. The topological polar surface area (TPSA) is 184 Å². The van der Waals surface area contributed by atoms with Gasteiger partial charge in [-0.1, -0.05) is 35.3 Å². The minimum Gasteiger partial charge on any atom is -0.478 e. The molecule has 0 amide bonds. The lowest BCUT2D eigenvalue weighted by atomic mass is 9.80. The molecule has 0 saturated carbocycles. The van der Waals surface area contributed by atoms with E-state index in [1.807, 2.05) is 0 Å². The van der Waals surface area contributed by atoms with E-state index < -0.39 is 29.8 Å². The van der Waals surface area contributed by atoms with Crippen LogP contribution < -0.4 is 11.1 Å². The van der Waals surface area contributed by atoms with Crippen LogP contribution in [0.3, 0.4) is 0 Å². The van der Waals surface area contributed by atoms with Gasteiger partial charge in [-0.2, -0.15) is 0 Å². The maximum absolute atomic E-state index is 13.3. The molecule has 0 aliphatic carbocycles. The summed E-state index contributed by atoms with van der Waals surface area (Å²) in [6, 6.07) is 5.04. The van der Waals surface area contributed by atoms with Crippen molar-refractivity contribution in [3.63, 3.8) is 0 Å². The fraction of sp³-hybridized carbons (Fsp3) is 0.407. The Kier molecular flexibility index (Phi) is 15.7. The number of carbonyl (C=O) groups excluding carboxylic acids is 2. The lowest BCUT2D eigenvalue weighted by molar-refractivity contribution is -0.143. The Balaban J connectivity index is 0.000000915. The van der Waals surface area contributed by atoms with E-state index in [9.17, 15) is 19.2 Å². The van der Waals surface area contributed by atoms with Crippen molar-refractivity contribution in [2.75, 3.05) is 40.1 Å². The Morgan fingerprint density at radius 3 is 2.15 bits per heavy atom. The minimum atomic E-state index is -1.26. The van der Waals surface area contributed by atoms with Crippen molar-refractivity contribution in [3.05, 3.63) is 68.5 Å². The van der Waals surface area contributed by atoms with Crippen molar-refractivity contribution in [1.29, 1.82) is 0 Å². The summed E-state index contributed by atoms with van der Waals surface area (Å²) in [6.07, 6.45) is 0.728. The Labute approximate surface area is 247 Å². The summed E-state index contributed by atoms with van der Waals surface area (Å²) in [5.41, 5.74) is 7.26. The van der Waals surface area contributed by atoms with Crippen LogP contribution in [-0.4, -0.2) is 80.3 Å². The highest BCUT2D eigenvalue weighted by Crippen LogP contribution is 2.43. The largest absolute Gasteiger partial charge is 0.478 e. The molecule has 14 heteroatoms. The molecule has 0 unspecified atom stereocenters. The Hall–Kier alpha value is -3.42. The lowest BCUT2D eigenvalue weighted by Gasteiger charge is -2.32. The first-order valence-corrected chi connectivity index (χ1v) is 13.0. The average molecular weight is 617 g/mol. The molecule has 1 atom stereocenters. The third kappa shape index (κ3) is 11.5. The number of aliphatic carboxylic acids is 2. The standard InChI is InChI=1S/C23H30Cl2N2O6.C4H4O4/c1-13(2)33-23(29)20-17(12-32-11-10-31-9-8-26)27-14(3)18(22(28)30-4)19(20)15-6-5-7-16(24)21(15)25;5-3(6)1-2-4(7)8/h5-7,13,19,27H,8-12,26H2,1-4H3;1-2H,(H,5,6)(H,7,8)/b;2-1+/t19-;/m1./s1. The maximum Gasteiger partial charge on any atom is 0.337 e. The van der Waals surface area contributed by atoms with Crippen molar-refractivity contribution >= 4 is 47.1 Å². The number of nitrogens with one attached hydrogen (secondary N) is 1. The molecule has 1 aliphatic rings. The second kappa shape index (κ2) is 18.1. The summed E-state index contributed by atoms with van der Waals surface area (Å²) >= 11 is 12.8. The molecule has 2 rings (SSSR count). The zero-order valence-corrected chi connectivity index (χ0v) is 24.6. The molecular formula is C27H34Cl2N2O10. The number of carbonyl (C=O) groups is 4. The van der Waals surface area contributed by atoms with Gasteiger partial charge in [-0.25, -0.2) is 19.2 Å². The third-order valence-corrected chi connectivity index (χ3v) is 5.99. The zero-order valence-electron chi connectivity index (χ0n) is 23.1. The number of hydrogen-bond acceptors (Lipinski definition) is 10. The number of carboxylic acid groups (broad SMARTS) is 2. The predicted octanol–water partition coefficient (Wildman–Crippen LogP) is 3.04. The van der Waals surface area contributed by atoms with E-state index in [4.69, 9.17) is 58.1 Å². The number of hydrogen-bond donors (Lipinski definition) is 4. The van der Waals surface area contributed by atoms with Crippen LogP contribution in [0.15, 0.2) is 52.9 Å². The minimum absolute atomic E-state index is 0.0506. The van der Waals surface area contributed by atoms with Gasteiger partial charge in [0.15, 0.2) is 0 Å². The summed E-state index contributed by atoms with van der Waals surface area (Å²) in [4.78, 5) is 45.2. The molecule has 1 aromatic rings. The van der Waals surface area contributed by atoms with Crippen LogP contribution in [0.25, 0.3) is 0 Å². The fourth-order valence-electron chi connectivity index (χ4n) is 3.58. The molecule has 0 fully saturated rings. The lowest BCUT2D eigenvalue weighted by Crippen LogP contribution is -2.35. The molecule has 0 spiro atoms. The number of halogens is 2. The van der Waals surface area contributed by atoms with Crippen molar-refractivity contribution in [3.8, 4) is 0 Å². The van der Waals surface area contributed by atoms with Crippen LogP contribution in [-0.2, 0) is 38.1 Å². The van der Waals surface area contributed by atoms with Crippen LogP contribution in [0.5, 0.6) is 0 Å². The van der Waals surface area contributed by atoms with E-state index in [2.05, 4.69) is 5.32 Å². The molecule has 1 heterocycles. The molecule has 0 aromatic heterocycles.